The van der Waals surface area contributed by atoms with Gasteiger partial charge in [0.05, 0.1) is 64.5 Å². The van der Waals surface area contributed by atoms with Gasteiger partial charge in [-0.3, -0.25) is 9.97 Å². The Bertz CT molecular complexity index is 1610. The minimum Gasteiger partial charge on any atom is -0.378 e. The van der Waals surface area contributed by atoms with Crippen LogP contribution in [0.25, 0.3) is 33.5 Å². The first-order chi connectivity index (χ1) is 18.6. The molecule has 1 saturated heterocycles. The van der Waals surface area contributed by atoms with Gasteiger partial charge in [0.2, 0.25) is 0 Å². The summed E-state index contributed by atoms with van der Waals surface area (Å²) < 4.78 is 35.2. The van der Waals surface area contributed by atoms with Crippen molar-refractivity contribution in [1.82, 2.24) is 15.0 Å². The summed E-state index contributed by atoms with van der Waals surface area (Å²) >= 11 is 0. The second-order valence-corrected chi connectivity index (χ2v) is 9.14. The third kappa shape index (κ3) is 4.54. The van der Waals surface area contributed by atoms with Gasteiger partial charge in [-0.15, -0.1) is 0 Å². The Morgan fingerprint density at radius 2 is 1.68 bits per heavy atom. The van der Waals surface area contributed by atoms with Crippen LogP contribution in [0.2, 0.25) is 0 Å². The summed E-state index contributed by atoms with van der Waals surface area (Å²) in [5.41, 5.74) is 5.81. The molecule has 0 radical (unpaired) electrons. The summed E-state index contributed by atoms with van der Waals surface area (Å²) in [6.07, 6.45) is 3.52. The third-order valence-corrected chi connectivity index (χ3v) is 6.71. The highest BCUT2D eigenvalue weighted by atomic mass is 19.1. The summed E-state index contributed by atoms with van der Waals surface area (Å²) in [6, 6.07) is 19.5. The number of nitrogens with zero attached hydrogens (tertiary/aromatic N) is 4. The highest BCUT2D eigenvalue weighted by molar-refractivity contribution is 5.99. The molecule has 0 unspecified atom stereocenters. The first-order valence-corrected chi connectivity index (χ1v) is 12.4. The minimum absolute atomic E-state index is 0.204. The van der Waals surface area contributed by atoms with E-state index in [9.17, 15) is 4.39 Å². The predicted octanol–water partition coefficient (Wildman–Crippen LogP) is 6.53. The van der Waals surface area contributed by atoms with Crippen LogP contribution in [0.15, 0.2) is 79.1 Å². The average Bonchev–Trinajstić information content (AvgIpc) is 2.95. The number of ether oxygens (including phenoxy) is 1. The molecule has 8 heteroatoms. The number of rotatable bonds is 5. The van der Waals surface area contributed by atoms with E-state index in [2.05, 4.69) is 20.2 Å². The Morgan fingerprint density at radius 3 is 2.45 bits per heavy atom. The van der Waals surface area contributed by atoms with Crippen molar-refractivity contribution in [1.29, 1.82) is 0 Å². The highest BCUT2D eigenvalue weighted by Gasteiger charge is 2.21. The summed E-state index contributed by atoms with van der Waals surface area (Å²) in [6.45, 7) is 4.65. The van der Waals surface area contributed by atoms with Crippen molar-refractivity contribution in [3.05, 3.63) is 96.3 Å². The molecule has 2 aromatic carbocycles. The van der Waals surface area contributed by atoms with Crippen LogP contribution in [-0.2, 0) is 4.74 Å². The van der Waals surface area contributed by atoms with E-state index in [1.807, 2.05) is 67.7 Å². The van der Waals surface area contributed by atoms with Gasteiger partial charge in [-0.25, -0.2) is 13.8 Å². The summed E-state index contributed by atoms with van der Waals surface area (Å²) in [4.78, 5) is 16.1. The lowest BCUT2D eigenvalue weighted by Crippen LogP contribution is -2.36. The maximum absolute atomic E-state index is 15.3. The molecule has 4 heterocycles. The summed E-state index contributed by atoms with van der Waals surface area (Å²) in [7, 11) is 0. The zero-order valence-corrected chi connectivity index (χ0v) is 20.8. The van der Waals surface area contributed by atoms with Crippen LogP contribution in [0, 0.1) is 18.6 Å². The lowest BCUT2D eigenvalue weighted by molar-refractivity contribution is 0.122. The van der Waals surface area contributed by atoms with Gasteiger partial charge < -0.3 is 15.0 Å². The standard InChI is InChI=1S/C30H25F2N5O/c1-19-28(24-9-5-6-10-33-24)35-25-16-21(31)15-23(32)27(25)29(19)36-26-17-22(37-11-13-38-14-12-37)18-34-30(26)20-7-3-2-4-8-20/h2-10,15-18H,11-14H2,1H3,(H,35,36). The number of pyridine rings is 3. The van der Waals surface area contributed by atoms with E-state index >= 15 is 4.39 Å². The molecule has 1 N–H and O–H groups in total. The first kappa shape index (κ1) is 23.9. The van der Waals surface area contributed by atoms with Crippen molar-refractivity contribution >= 4 is 28.0 Å². The van der Waals surface area contributed by atoms with Crippen LogP contribution in [0.1, 0.15) is 5.56 Å². The van der Waals surface area contributed by atoms with E-state index in [0.29, 0.717) is 47.2 Å². The van der Waals surface area contributed by atoms with E-state index in [1.54, 1.807) is 6.20 Å². The van der Waals surface area contributed by atoms with Gasteiger partial charge in [-0.2, -0.15) is 0 Å². The molecular formula is C30H25F2N5O. The van der Waals surface area contributed by atoms with E-state index in [4.69, 9.17) is 9.72 Å². The van der Waals surface area contributed by atoms with Crippen molar-refractivity contribution < 1.29 is 13.5 Å². The molecule has 190 valence electrons. The molecule has 6 nitrogen and oxygen atoms in total. The molecule has 1 aliphatic rings. The number of hydrogen-bond acceptors (Lipinski definition) is 6. The molecule has 0 atom stereocenters. The number of nitrogens with one attached hydrogen (secondary N) is 1. The topological polar surface area (TPSA) is 63.2 Å². The van der Waals surface area contributed by atoms with Crippen LogP contribution >= 0.6 is 0 Å². The van der Waals surface area contributed by atoms with Crippen molar-refractivity contribution in [3.63, 3.8) is 0 Å². The number of aromatic nitrogens is 3. The molecule has 5 aromatic rings. The molecule has 1 aliphatic heterocycles. The molecule has 6 rings (SSSR count). The lowest BCUT2D eigenvalue weighted by Gasteiger charge is -2.29. The molecule has 0 saturated carbocycles. The second kappa shape index (κ2) is 10.1. The van der Waals surface area contributed by atoms with Crippen LogP contribution in [-0.4, -0.2) is 41.3 Å². The van der Waals surface area contributed by atoms with Gasteiger partial charge in [0.15, 0.2) is 0 Å². The molecule has 38 heavy (non-hydrogen) atoms. The van der Waals surface area contributed by atoms with Gasteiger partial charge in [0.1, 0.15) is 11.6 Å². The average molecular weight is 510 g/mol. The van der Waals surface area contributed by atoms with Gasteiger partial charge in [-0.05, 0) is 25.1 Å². The maximum atomic E-state index is 15.3. The molecular weight excluding hydrogens is 484 g/mol. The Hall–Kier alpha value is -4.43. The molecule has 0 amide bonds. The maximum Gasteiger partial charge on any atom is 0.137 e. The van der Waals surface area contributed by atoms with Crippen LogP contribution < -0.4 is 10.2 Å². The van der Waals surface area contributed by atoms with Gasteiger partial charge >= 0.3 is 0 Å². The summed E-state index contributed by atoms with van der Waals surface area (Å²) in [5.74, 6) is -1.38. The molecule has 0 bridgehead atoms. The SMILES string of the molecule is Cc1c(-c2ccccn2)nc2cc(F)cc(F)c2c1Nc1cc(N2CCOCC2)cnc1-c1ccccc1. The van der Waals surface area contributed by atoms with Crippen molar-refractivity contribution in [3.8, 4) is 22.6 Å². The van der Waals surface area contributed by atoms with Crippen molar-refractivity contribution in [2.45, 2.75) is 6.92 Å². The zero-order valence-electron chi connectivity index (χ0n) is 20.8. The van der Waals surface area contributed by atoms with E-state index in [-0.39, 0.29) is 10.9 Å². The second-order valence-electron chi connectivity index (χ2n) is 9.14. The Balaban J connectivity index is 1.56. The number of anilines is 3. The van der Waals surface area contributed by atoms with Crippen molar-refractivity contribution in [2.75, 3.05) is 36.5 Å². The lowest BCUT2D eigenvalue weighted by atomic mass is 10.0. The van der Waals surface area contributed by atoms with Gasteiger partial charge in [0, 0.05) is 42.5 Å². The van der Waals surface area contributed by atoms with Crippen molar-refractivity contribution in [2.24, 2.45) is 0 Å². The largest absolute Gasteiger partial charge is 0.378 e. The number of halogens is 2. The third-order valence-electron chi connectivity index (χ3n) is 6.71. The molecule has 0 aliphatic carbocycles. The Labute approximate surface area is 219 Å². The Kier molecular flexibility index (Phi) is 6.39. The number of hydrogen-bond donors (Lipinski definition) is 1. The van der Waals surface area contributed by atoms with Crippen LogP contribution in [0.5, 0.6) is 0 Å². The highest BCUT2D eigenvalue weighted by Crippen LogP contribution is 2.39. The fourth-order valence-electron chi connectivity index (χ4n) is 4.82. The zero-order chi connectivity index (χ0) is 26.1. The van der Waals surface area contributed by atoms with E-state index in [0.717, 1.165) is 30.4 Å². The van der Waals surface area contributed by atoms with E-state index in [1.165, 1.54) is 6.07 Å². The monoisotopic (exact) mass is 509 g/mol. The van der Waals surface area contributed by atoms with Gasteiger partial charge in [-0.1, -0.05) is 36.4 Å². The van der Waals surface area contributed by atoms with E-state index < -0.39 is 11.6 Å². The minimum atomic E-state index is -0.691. The Morgan fingerprint density at radius 1 is 0.895 bits per heavy atom. The number of fused-ring (bicyclic) bond motifs is 1. The molecule has 3 aromatic heterocycles. The fraction of sp³-hybridized carbons (Fsp3) is 0.167. The quantitative estimate of drug-likeness (QED) is 0.291. The van der Waals surface area contributed by atoms with Gasteiger partial charge in [0.25, 0.3) is 0 Å². The number of morpholine rings is 1. The smallest absolute Gasteiger partial charge is 0.137 e. The van der Waals surface area contributed by atoms with Crippen LogP contribution in [0.4, 0.5) is 25.8 Å². The number of benzene rings is 2. The fourth-order valence-corrected chi connectivity index (χ4v) is 4.82. The van der Waals surface area contributed by atoms with Crippen LogP contribution in [0.3, 0.4) is 0 Å². The molecule has 1 fully saturated rings. The first-order valence-electron chi connectivity index (χ1n) is 12.4. The normalized spacial score (nSPS) is 13.6. The predicted molar refractivity (Wildman–Crippen MR) is 146 cm³/mol. The summed E-state index contributed by atoms with van der Waals surface area (Å²) in [5, 5.41) is 3.69. The molecule has 0 spiro atoms.